The summed E-state index contributed by atoms with van der Waals surface area (Å²) in [6, 6.07) is 8.04. The van der Waals surface area contributed by atoms with E-state index >= 15 is 0 Å². The van der Waals surface area contributed by atoms with Gasteiger partial charge in [-0.3, -0.25) is 0 Å². The van der Waals surface area contributed by atoms with Crippen LogP contribution in [0.15, 0.2) is 41.1 Å². The zero-order valence-electron chi connectivity index (χ0n) is 10.2. The molecule has 0 saturated heterocycles. The summed E-state index contributed by atoms with van der Waals surface area (Å²) in [7, 11) is 0. The molecule has 0 aliphatic carbocycles. The van der Waals surface area contributed by atoms with Gasteiger partial charge in [-0.2, -0.15) is 0 Å². The van der Waals surface area contributed by atoms with Crippen LogP contribution in [-0.2, 0) is 6.42 Å². The average Bonchev–Trinajstić information content (AvgIpc) is 2.97. The maximum atomic E-state index is 6.14. The van der Waals surface area contributed by atoms with Crippen molar-refractivity contribution in [3.05, 3.63) is 53.9 Å². The van der Waals surface area contributed by atoms with Gasteiger partial charge in [-0.05, 0) is 18.1 Å². The fraction of sp³-hybridized carbons (Fsp3) is 0.214. The third-order valence-electron chi connectivity index (χ3n) is 3.12. The highest BCUT2D eigenvalue weighted by molar-refractivity contribution is 5.83. The van der Waals surface area contributed by atoms with Crippen molar-refractivity contribution in [3.63, 3.8) is 0 Å². The van der Waals surface area contributed by atoms with Gasteiger partial charge in [0.05, 0.1) is 12.2 Å². The molecule has 2 heterocycles. The van der Waals surface area contributed by atoms with E-state index in [1.54, 1.807) is 6.20 Å². The Kier molecular flexibility index (Phi) is 2.64. The van der Waals surface area contributed by atoms with Crippen molar-refractivity contribution in [1.29, 1.82) is 0 Å². The van der Waals surface area contributed by atoms with Crippen LogP contribution in [0, 0.1) is 6.92 Å². The molecule has 3 rings (SSSR count). The van der Waals surface area contributed by atoms with Crippen LogP contribution in [0.2, 0.25) is 0 Å². The maximum Gasteiger partial charge on any atom is 0.191 e. The lowest BCUT2D eigenvalue weighted by Gasteiger charge is -2.07. The lowest BCUT2D eigenvalue weighted by Crippen LogP contribution is -2.12. The lowest BCUT2D eigenvalue weighted by molar-refractivity contribution is 0.439. The summed E-state index contributed by atoms with van der Waals surface area (Å²) in [6.07, 6.45) is 4.45. The highest BCUT2D eigenvalue weighted by Crippen LogP contribution is 2.23. The fourth-order valence-corrected chi connectivity index (χ4v) is 2.19. The summed E-state index contributed by atoms with van der Waals surface area (Å²) in [6.45, 7) is 1.82. The number of hydrogen-bond acceptors (Lipinski definition) is 3. The highest BCUT2D eigenvalue weighted by Gasteiger charge is 2.14. The molecule has 4 heteroatoms. The summed E-state index contributed by atoms with van der Waals surface area (Å²) in [4.78, 5) is 7.32. The molecule has 2 aromatic heterocycles. The highest BCUT2D eigenvalue weighted by atomic mass is 16.4. The van der Waals surface area contributed by atoms with Crippen LogP contribution in [-0.4, -0.2) is 9.97 Å². The molecule has 0 aliphatic heterocycles. The fourth-order valence-electron chi connectivity index (χ4n) is 2.19. The molecule has 1 atom stereocenters. The van der Waals surface area contributed by atoms with E-state index in [1.165, 1.54) is 10.9 Å². The monoisotopic (exact) mass is 241 g/mol. The molecule has 0 spiro atoms. The average molecular weight is 241 g/mol. The molecule has 3 aromatic rings. The smallest absolute Gasteiger partial charge is 0.191 e. The molecule has 0 fully saturated rings. The van der Waals surface area contributed by atoms with Crippen LogP contribution < -0.4 is 5.73 Å². The largest absolute Gasteiger partial charge is 0.444 e. The minimum Gasteiger partial charge on any atom is -0.444 e. The van der Waals surface area contributed by atoms with Gasteiger partial charge in [0.15, 0.2) is 5.89 Å². The van der Waals surface area contributed by atoms with Gasteiger partial charge in [0, 0.05) is 24.0 Å². The van der Waals surface area contributed by atoms with E-state index < -0.39 is 0 Å². The summed E-state index contributed by atoms with van der Waals surface area (Å²) in [5.74, 6) is 1.39. The Morgan fingerprint density at radius 2 is 2.22 bits per heavy atom. The van der Waals surface area contributed by atoms with Gasteiger partial charge in [0.2, 0.25) is 0 Å². The SMILES string of the molecule is Cc1ncc(C(N)Cc2c[nH]c3ccccc23)o1. The number of hydrogen-bond donors (Lipinski definition) is 2. The number of fused-ring (bicyclic) bond motifs is 1. The number of aromatic amines is 1. The number of para-hydroxylation sites is 1. The molecule has 0 radical (unpaired) electrons. The van der Waals surface area contributed by atoms with E-state index in [0.29, 0.717) is 5.89 Å². The second kappa shape index (κ2) is 4.31. The van der Waals surface area contributed by atoms with Crippen molar-refractivity contribution in [1.82, 2.24) is 9.97 Å². The van der Waals surface area contributed by atoms with Crippen LogP contribution in [0.3, 0.4) is 0 Å². The predicted molar refractivity (Wildman–Crippen MR) is 70.2 cm³/mol. The molecule has 1 aromatic carbocycles. The minimum absolute atomic E-state index is 0.162. The van der Waals surface area contributed by atoms with Crippen LogP contribution in [0.4, 0.5) is 0 Å². The van der Waals surface area contributed by atoms with Gasteiger partial charge >= 0.3 is 0 Å². The Hall–Kier alpha value is -2.07. The third kappa shape index (κ3) is 1.91. The molecule has 1 unspecified atom stereocenters. The molecule has 0 aliphatic rings. The quantitative estimate of drug-likeness (QED) is 0.740. The molecule has 0 amide bonds. The molecular formula is C14H15N3O. The molecule has 3 N–H and O–H groups in total. The first-order valence-electron chi connectivity index (χ1n) is 5.97. The van der Waals surface area contributed by atoms with Crippen molar-refractivity contribution >= 4 is 10.9 Å². The Morgan fingerprint density at radius 3 is 3.00 bits per heavy atom. The first-order chi connectivity index (χ1) is 8.74. The topological polar surface area (TPSA) is 67.8 Å². The van der Waals surface area contributed by atoms with Crippen molar-refractivity contribution in [2.75, 3.05) is 0 Å². The van der Waals surface area contributed by atoms with Crippen LogP contribution >= 0.6 is 0 Å². The minimum atomic E-state index is -0.162. The van der Waals surface area contributed by atoms with E-state index in [4.69, 9.17) is 10.2 Å². The zero-order chi connectivity index (χ0) is 12.5. The predicted octanol–water partition coefficient (Wildman–Crippen LogP) is 2.71. The van der Waals surface area contributed by atoms with Gasteiger partial charge in [-0.25, -0.2) is 4.98 Å². The van der Waals surface area contributed by atoms with E-state index in [2.05, 4.69) is 22.1 Å². The maximum absolute atomic E-state index is 6.14. The Morgan fingerprint density at radius 1 is 1.39 bits per heavy atom. The van der Waals surface area contributed by atoms with Crippen molar-refractivity contribution in [2.24, 2.45) is 5.73 Å². The molecule has 0 saturated carbocycles. The van der Waals surface area contributed by atoms with Gasteiger partial charge in [0.1, 0.15) is 5.76 Å². The number of nitrogens with one attached hydrogen (secondary N) is 1. The van der Waals surface area contributed by atoms with Crippen LogP contribution in [0.5, 0.6) is 0 Å². The number of nitrogens with zero attached hydrogens (tertiary/aromatic N) is 1. The standard InChI is InChI=1S/C14H15N3O/c1-9-16-8-14(18-9)12(15)6-10-7-17-13-5-3-2-4-11(10)13/h2-5,7-8,12,17H,6,15H2,1H3. The lowest BCUT2D eigenvalue weighted by atomic mass is 10.0. The zero-order valence-corrected chi connectivity index (χ0v) is 10.2. The van der Waals surface area contributed by atoms with Crippen LogP contribution in [0.1, 0.15) is 23.3 Å². The molecule has 92 valence electrons. The van der Waals surface area contributed by atoms with Gasteiger partial charge in [-0.15, -0.1) is 0 Å². The number of oxazole rings is 1. The number of benzene rings is 1. The number of aromatic nitrogens is 2. The number of rotatable bonds is 3. The molecular weight excluding hydrogens is 226 g/mol. The van der Waals surface area contributed by atoms with Gasteiger partial charge in [0.25, 0.3) is 0 Å². The number of aryl methyl sites for hydroxylation is 1. The van der Waals surface area contributed by atoms with Crippen LogP contribution in [0.25, 0.3) is 10.9 Å². The third-order valence-corrected chi connectivity index (χ3v) is 3.12. The first-order valence-corrected chi connectivity index (χ1v) is 5.97. The first kappa shape index (κ1) is 11.0. The number of H-pyrrole nitrogens is 1. The normalized spacial score (nSPS) is 13.0. The van der Waals surface area contributed by atoms with E-state index in [0.717, 1.165) is 17.7 Å². The summed E-state index contributed by atoms with van der Waals surface area (Å²) < 4.78 is 5.46. The van der Waals surface area contributed by atoms with Crippen molar-refractivity contribution < 1.29 is 4.42 Å². The van der Waals surface area contributed by atoms with Gasteiger partial charge < -0.3 is 15.1 Å². The second-order valence-electron chi connectivity index (χ2n) is 4.45. The number of nitrogens with two attached hydrogens (primary N) is 1. The Bertz CT molecular complexity index is 668. The summed E-state index contributed by atoms with van der Waals surface area (Å²) in [5, 5.41) is 1.21. The molecule has 4 nitrogen and oxygen atoms in total. The van der Waals surface area contributed by atoms with E-state index in [-0.39, 0.29) is 6.04 Å². The van der Waals surface area contributed by atoms with Gasteiger partial charge in [-0.1, -0.05) is 18.2 Å². The Balaban J connectivity index is 1.88. The molecule has 18 heavy (non-hydrogen) atoms. The summed E-state index contributed by atoms with van der Waals surface area (Å²) in [5.41, 5.74) is 8.48. The molecule has 0 bridgehead atoms. The van der Waals surface area contributed by atoms with E-state index in [9.17, 15) is 0 Å². The van der Waals surface area contributed by atoms with E-state index in [1.807, 2.05) is 25.3 Å². The Labute approximate surface area is 105 Å². The summed E-state index contributed by atoms with van der Waals surface area (Å²) >= 11 is 0. The van der Waals surface area contributed by atoms with Crippen molar-refractivity contribution in [3.8, 4) is 0 Å². The van der Waals surface area contributed by atoms with Crippen molar-refractivity contribution in [2.45, 2.75) is 19.4 Å². The second-order valence-corrected chi connectivity index (χ2v) is 4.45.